The van der Waals surface area contributed by atoms with Crippen LogP contribution in [0.4, 0.5) is 0 Å². The number of rotatable bonds is 8. The number of methoxy groups -OCH3 is 4. The standard InChI is InChI=1S/C27H28N2O7S/c1-7-36-26(31)23-15(2)28-27-29(24(23)17-10-8-9-11-18(17)32-3)25(30)22(37-27)13-16-12-20(34-5)21(35-6)14-19(16)33-4/h8-14,24H,7H2,1-6H3/b22-13-. The lowest BCUT2D eigenvalue weighted by Crippen LogP contribution is -2.40. The minimum absolute atomic E-state index is 0.192. The van der Waals surface area contributed by atoms with Gasteiger partial charge in [-0.3, -0.25) is 9.36 Å². The molecule has 0 saturated carbocycles. The Labute approximate surface area is 217 Å². The van der Waals surface area contributed by atoms with Gasteiger partial charge in [0.2, 0.25) is 0 Å². The third-order valence-electron chi connectivity index (χ3n) is 5.97. The summed E-state index contributed by atoms with van der Waals surface area (Å²) in [6.45, 7) is 3.67. The van der Waals surface area contributed by atoms with Crippen molar-refractivity contribution >= 4 is 23.4 Å². The zero-order chi connectivity index (χ0) is 26.7. The fraction of sp³-hybridized carbons (Fsp3) is 0.296. The van der Waals surface area contributed by atoms with Crippen molar-refractivity contribution in [2.75, 3.05) is 35.0 Å². The molecule has 1 aliphatic rings. The van der Waals surface area contributed by atoms with Crippen molar-refractivity contribution in [2.45, 2.75) is 19.9 Å². The third kappa shape index (κ3) is 4.72. The second-order valence-corrected chi connectivity index (χ2v) is 9.00. The van der Waals surface area contributed by atoms with E-state index < -0.39 is 12.0 Å². The van der Waals surface area contributed by atoms with Gasteiger partial charge >= 0.3 is 5.97 Å². The second kappa shape index (κ2) is 10.9. The lowest BCUT2D eigenvalue weighted by atomic mass is 9.95. The summed E-state index contributed by atoms with van der Waals surface area (Å²) >= 11 is 1.22. The van der Waals surface area contributed by atoms with E-state index in [0.29, 0.717) is 49.2 Å². The number of benzene rings is 2. The predicted molar refractivity (Wildman–Crippen MR) is 139 cm³/mol. The summed E-state index contributed by atoms with van der Waals surface area (Å²) in [6, 6.07) is 9.94. The quantitative estimate of drug-likeness (QED) is 0.418. The van der Waals surface area contributed by atoms with Crippen molar-refractivity contribution in [3.8, 4) is 23.0 Å². The summed E-state index contributed by atoms with van der Waals surface area (Å²) in [6.07, 6.45) is 1.72. The van der Waals surface area contributed by atoms with Crippen LogP contribution >= 0.6 is 11.3 Å². The molecule has 0 N–H and O–H groups in total. The molecule has 0 saturated heterocycles. The van der Waals surface area contributed by atoms with Crippen molar-refractivity contribution in [3.63, 3.8) is 0 Å². The maximum atomic E-state index is 13.9. The number of nitrogens with zero attached hydrogens (tertiary/aromatic N) is 2. The molecular formula is C27H28N2O7S. The average Bonchev–Trinajstić information content (AvgIpc) is 3.21. The molecule has 0 radical (unpaired) electrons. The Balaban J connectivity index is 2.00. The van der Waals surface area contributed by atoms with Crippen LogP contribution in [0.1, 0.15) is 31.0 Å². The van der Waals surface area contributed by atoms with Crippen molar-refractivity contribution in [1.82, 2.24) is 4.57 Å². The van der Waals surface area contributed by atoms with Gasteiger partial charge < -0.3 is 23.7 Å². The van der Waals surface area contributed by atoms with Crippen LogP contribution in [-0.2, 0) is 9.53 Å². The highest BCUT2D eigenvalue weighted by Crippen LogP contribution is 2.36. The van der Waals surface area contributed by atoms with E-state index in [0.717, 1.165) is 0 Å². The molecule has 2 aromatic carbocycles. The Bertz CT molecular complexity index is 1550. The lowest BCUT2D eigenvalue weighted by molar-refractivity contribution is -0.139. The molecule has 0 bridgehead atoms. The van der Waals surface area contributed by atoms with Crippen LogP contribution in [0, 0.1) is 0 Å². The Hall–Kier alpha value is -4.05. The predicted octanol–water partition coefficient (Wildman–Crippen LogP) is 2.83. The fourth-order valence-corrected chi connectivity index (χ4v) is 5.32. The number of allylic oxidation sites excluding steroid dienone is 1. The van der Waals surface area contributed by atoms with E-state index in [1.807, 2.05) is 18.2 Å². The smallest absolute Gasteiger partial charge is 0.338 e. The maximum absolute atomic E-state index is 13.9. The molecular weight excluding hydrogens is 496 g/mol. The van der Waals surface area contributed by atoms with Crippen molar-refractivity contribution in [1.29, 1.82) is 0 Å². The first-order valence-corrected chi connectivity index (χ1v) is 12.3. The normalized spacial score (nSPS) is 15.1. The first-order chi connectivity index (χ1) is 17.9. The first kappa shape index (κ1) is 26.0. The second-order valence-electron chi connectivity index (χ2n) is 7.99. The van der Waals surface area contributed by atoms with Gasteiger partial charge in [-0.2, -0.15) is 0 Å². The zero-order valence-electron chi connectivity index (χ0n) is 21.5. The van der Waals surface area contributed by atoms with E-state index in [1.165, 1.54) is 37.2 Å². The summed E-state index contributed by atoms with van der Waals surface area (Å²) in [5.41, 5.74) is 1.73. The number of para-hydroxylation sites is 1. The van der Waals surface area contributed by atoms with Crippen LogP contribution in [0.5, 0.6) is 23.0 Å². The van der Waals surface area contributed by atoms with Crippen LogP contribution < -0.4 is 33.8 Å². The Morgan fingerprint density at radius 1 is 1.00 bits per heavy atom. The number of hydrogen-bond donors (Lipinski definition) is 0. The van der Waals surface area contributed by atoms with Crippen molar-refractivity contribution < 1.29 is 28.5 Å². The van der Waals surface area contributed by atoms with Crippen LogP contribution in [0.15, 0.2) is 57.5 Å². The van der Waals surface area contributed by atoms with Crippen molar-refractivity contribution in [2.24, 2.45) is 4.99 Å². The molecule has 194 valence electrons. The van der Waals surface area contributed by atoms with Crippen LogP contribution in [0.2, 0.25) is 0 Å². The number of carbonyl (C=O) groups is 1. The fourth-order valence-electron chi connectivity index (χ4n) is 4.28. The number of hydrogen-bond acceptors (Lipinski definition) is 9. The molecule has 4 rings (SSSR count). The molecule has 0 fully saturated rings. The summed E-state index contributed by atoms with van der Waals surface area (Å²) in [5, 5.41) is 0. The molecule has 2 heterocycles. The molecule has 3 aromatic rings. The van der Waals surface area contributed by atoms with Gasteiger partial charge in [0.15, 0.2) is 16.3 Å². The van der Waals surface area contributed by atoms with Gasteiger partial charge in [-0.25, -0.2) is 9.79 Å². The SMILES string of the molecule is CCOC(=O)C1=C(C)N=c2s/c(=C\c3cc(OC)c(OC)cc3OC)c(=O)n2C1c1ccccc1OC. The Kier molecular flexibility index (Phi) is 7.68. The average molecular weight is 525 g/mol. The zero-order valence-corrected chi connectivity index (χ0v) is 22.3. The molecule has 1 aliphatic heterocycles. The summed E-state index contributed by atoms with van der Waals surface area (Å²) in [4.78, 5) is 32.0. The maximum Gasteiger partial charge on any atom is 0.338 e. The van der Waals surface area contributed by atoms with Gasteiger partial charge in [0.25, 0.3) is 5.56 Å². The molecule has 1 atom stereocenters. The van der Waals surface area contributed by atoms with E-state index in [4.69, 9.17) is 23.7 Å². The molecule has 1 unspecified atom stereocenters. The Morgan fingerprint density at radius 3 is 2.30 bits per heavy atom. The highest BCUT2D eigenvalue weighted by atomic mass is 32.1. The highest BCUT2D eigenvalue weighted by molar-refractivity contribution is 7.07. The lowest BCUT2D eigenvalue weighted by Gasteiger charge is -2.25. The van der Waals surface area contributed by atoms with E-state index in [2.05, 4.69) is 4.99 Å². The number of ether oxygens (including phenoxy) is 5. The summed E-state index contributed by atoms with van der Waals surface area (Å²) in [7, 11) is 6.16. The van der Waals surface area contributed by atoms with Gasteiger partial charge in [-0.1, -0.05) is 29.5 Å². The van der Waals surface area contributed by atoms with Gasteiger partial charge in [0.1, 0.15) is 17.5 Å². The van der Waals surface area contributed by atoms with Crippen LogP contribution in [0.3, 0.4) is 0 Å². The molecule has 1 aromatic heterocycles. The minimum Gasteiger partial charge on any atom is -0.496 e. The topological polar surface area (TPSA) is 97.6 Å². The molecule has 0 spiro atoms. The van der Waals surface area contributed by atoms with E-state index in [-0.39, 0.29) is 17.7 Å². The van der Waals surface area contributed by atoms with Gasteiger partial charge in [-0.05, 0) is 32.1 Å². The highest BCUT2D eigenvalue weighted by Gasteiger charge is 2.35. The molecule has 37 heavy (non-hydrogen) atoms. The first-order valence-electron chi connectivity index (χ1n) is 11.5. The number of thiazole rings is 1. The minimum atomic E-state index is -0.777. The third-order valence-corrected chi connectivity index (χ3v) is 6.96. The molecule has 0 aliphatic carbocycles. The largest absolute Gasteiger partial charge is 0.496 e. The number of aromatic nitrogens is 1. The van der Waals surface area contributed by atoms with Crippen molar-refractivity contribution in [3.05, 3.63) is 78.5 Å². The van der Waals surface area contributed by atoms with Crippen LogP contribution in [0.25, 0.3) is 6.08 Å². The number of fused-ring (bicyclic) bond motifs is 1. The number of esters is 1. The van der Waals surface area contributed by atoms with E-state index in [1.54, 1.807) is 45.2 Å². The molecule has 9 nitrogen and oxygen atoms in total. The number of carbonyl (C=O) groups excluding carboxylic acids is 1. The van der Waals surface area contributed by atoms with Gasteiger partial charge in [0, 0.05) is 17.2 Å². The van der Waals surface area contributed by atoms with Gasteiger partial charge in [0.05, 0.1) is 50.8 Å². The summed E-state index contributed by atoms with van der Waals surface area (Å²) in [5.74, 6) is 1.52. The van der Waals surface area contributed by atoms with E-state index >= 15 is 0 Å². The van der Waals surface area contributed by atoms with E-state index in [9.17, 15) is 9.59 Å². The summed E-state index contributed by atoms with van der Waals surface area (Å²) < 4.78 is 29.2. The molecule has 0 amide bonds. The molecule has 10 heteroatoms. The van der Waals surface area contributed by atoms with Crippen LogP contribution in [-0.4, -0.2) is 45.6 Å². The van der Waals surface area contributed by atoms with Gasteiger partial charge in [-0.15, -0.1) is 0 Å². The monoisotopic (exact) mass is 524 g/mol. The Morgan fingerprint density at radius 2 is 1.65 bits per heavy atom.